The molecule has 4 heterocycles. The van der Waals surface area contributed by atoms with Gasteiger partial charge in [-0.1, -0.05) is 0 Å². The Hall–Kier alpha value is -1.67. The maximum absolute atomic E-state index is 7.25. The van der Waals surface area contributed by atoms with Gasteiger partial charge in [-0.05, 0) is 96.7 Å². The SMILES string of the molecule is CN(C)C1CCCCN1.CP(C)C.[N-]=O.[W+2].c1cnn([B-](n2cccn2)n2cccn2)c1. The molecule has 1 aliphatic rings. The smallest absolute Gasteiger partial charge is 0.577 e. The van der Waals surface area contributed by atoms with Crippen molar-refractivity contribution in [3.8, 4) is 0 Å². The van der Waals surface area contributed by atoms with Crippen LogP contribution in [0.5, 0.6) is 0 Å². The summed E-state index contributed by atoms with van der Waals surface area (Å²) in [5.41, 5.74) is 5.75. The van der Waals surface area contributed by atoms with E-state index in [1.807, 2.05) is 36.8 Å². The van der Waals surface area contributed by atoms with Gasteiger partial charge >= 0.3 is 21.1 Å². The van der Waals surface area contributed by atoms with Crippen molar-refractivity contribution in [2.45, 2.75) is 25.4 Å². The van der Waals surface area contributed by atoms with E-state index in [4.69, 9.17) is 10.5 Å². The fourth-order valence-electron chi connectivity index (χ4n) is 2.89. The second-order valence-corrected chi connectivity index (χ2v) is 10.3. The van der Waals surface area contributed by atoms with Crippen LogP contribution in [0.1, 0.15) is 19.3 Å². The predicted molar refractivity (Wildman–Crippen MR) is 129 cm³/mol. The largest absolute Gasteiger partial charge is 2.00 e. The van der Waals surface area contributed by atoms with Gasteiger partial charge in [0.25, 0.3) is 7.12 Å². The van der Waals surface area contributed by atoms with Crippen LogP contribution in [0.25, 0.3) is 5.59 Å². The summed E-state index contributed by atoms with van der Waals surface area (Å²) >= 11 is 0. The molecule has 0 spiro atoms. The average molecular weight is 630 g/mol. The van der Waals surface area contributed by atoms with Crippen LogP contribution in [0.15, 0.2) is 55.4 Å². The Bertz CT molecular complexity index is 683. The maximum atomic E-state index is 7.25. The molecule has 3 aromatic rings. The molecule has 1 atom stereocenters. The molecule has 0 amide bonds. The summed E-state index contributed by atoms with van der Waals surface area (Å²) in [7, 11) is 4.44. The van der Waals surface area contributed by atoms with Crippen LogP contribution in [0.3, 0.4) is 0 Å². The van der Waals surface area contributed by atoms with Gasteiger partial charge in [-0.3, -0.25) is 4.90 Å². The number of hydrogen-bond acceptors (Lipinski definition) is 6. The molecule has 175 valence electrons. The number of aromatic nitrogens is 6. The Labute approximate surface area is 207 Å². The van der Waals surface area contributed by atoms with Crippen LogP contribution in [0, 0.1) is 4.91 Å². The summed E-state index contributed by atoms with van der Waals surface area (Å²) < 4.78 is 5.38. The number of rotatable bonds is 4. The van der Waals surface area contributed by atoms with Gasteiger partial charge in [0.1, 0.15) is 0 Å². The van der Waals surface area contributed by atoms with E-state index in [0.29, 0.717) is 14.1 Å². The summed E-state index contributed by atoms with van der Waals surface area (Å²) in [6, 6.07) is 5.62. The van der Waals surface area contributed by atoms with E-state index in [1.54, 1.807) is 32.4 Å². The molecule has 10 nitrogen and oxygen atoms in total. The van der Waals surface area contributed by atoms with Gasteiger partial charge in [0.2, 0.25) is 0 Å². The number of nitroso groups, excluding NO2 is 1. The Kier molecular flexibility index (Phi) is 16.9. The summed E-state index contributed by atoms with van der Waals surface area (Å²) in [5, 5.41) is 16.1. The van der Waals surface area contributed by atoms with E-state index in [9.17, 15) is 0 Å². The zero-order valence-electron chi connectivity index (χ0n) is 19.5. The topological polar surface area (TPSA) is 108 Å². The second kappa shape index (κ2) is 17.8. The molecule has 0 aromatic carbocycles. The van der Waals surface area contributed by atoms with Gasteiger partial charge in [0.05, 0.1) is 6.17 Å². The van der Waals surface area contributed by atoms with Crippen molar-refractivity contribution < 1.29 is 21.1 Å². The molecule has 0 bridgehead atoms. The normalized spacial score (nSPS) is 14.9. The van der Waals surface area contributed by atoms with E-state index in [-0.39, 0.29) is 28.2 Å². The molecule has 1 unspecified atom stereocenters. The molecular weight excluding hydrogens is 596 g/mol. The van der Waals surface area contributed by atoms with Gasteiger partial charge in [-0.25, -0.2) is 15.3 Å². The Morgan fingerprint density at radius 2 is 1.31 bits per heavy atom. The summed E-state index contributed by atoms with van der Waals surface area (Å²) in [6.45, 7) is 7.89. The number of hydrogen-bond donors (Lipinski definition) is 1. The van der Waals surface area contributed by atoms with Crippen LogP contribution < -0.4 is 5.32 Å². The first kappa shape index (κ1) is 30.3. The third-order valence-corrected chi connectivity index (χ3v) is 4.19. The molecule has 0 saturated carbocycles. The van der Waals surface area contributed by atoms with E-state index in [2.05, 4.69) is 59.6 Å². The average Bonchev–Trinajstić information content (AvgIpc) is 3.55. The third-order valence-electron chi connectivity index (χ3n) is 4.19. The minimum absolute atomic E-state index is 0. The van der Waals surface area contributed by atoms with Crippen LogP contribution in [0.2, 0.25) is 0 Å². The van der Waals surface area contributed by atoms with Gasteiger partial charge in [0.15, 0.2) is 0 Å². The Morgan fingerprint density at radius 1 is 0.906 bits per heavy atom. The quantitative estimate of drug-likeness (QED) is 0.351. The molecule has 13 heteroatoms. The van der Waals surface area contributed by atoms with Crippen molar-refractivity contribution in [2.75, 3.05) is 40.6 Å². The third kappa shape index (κ3) is 11.3. The van der Waals surface area contributed by atoms with Crippen molar-refractivity contribution in [1.29, 1.82) is 0 Å². The standard InChI is InChI=1S/C9H9BN6.C7H16N2.C3H9P.NO.W/c1-4-11-14(7-1)10(15-8-2-5-12-15)16-9-3-6-13-16;1-9(2)7-5-3-4-6-8-7;1-4(2)3;1-2;/h1-9H;7-8H,3-6H2,1-2H3;1-3H3;;/q-1;;;-1;+2. The molecule has 1 radical (unpaired) electrons. The second-order valence-electron chi connectivity index (χ2n) is 7.58. The molecular formula is C19H34BN9OPW. The molecule has 1 fully saturated rings. The number of nitrogens with one attached hydrogen (secondary N) is 1. The van der Waals surface area contributed by atoms with Crippen molar-refractivity contribution in [3.05, 3.63) is 65.9 Å². The number of piperidine rings is 1. The van der Waals surface area contributed by atoms with E-state index >= 15 is 0 Å². The summed E-state index contributed by atoms with van der Waals surface area (Å²) in [6.07, 6.45) is 15.5. The van der Waals surface area contributed by atoms with E-state index in [0.717, 1.165) is 0 Å². The fourth-order valence-corrected chi connectivity index (χ4v) is 2.89. The van der Waals surface area contributed by atoms with Crippen LogP contribution in [-0.2, 0) is 21.1 Å². The van der Waals surface area contributed by atoms with Crippen LogP contribution in [0.4, 0.5) is 0 Å². The van der Waals surface area contributed by atoms with Crippen molar-refractivity contribution in [3.63, 3.8) is 0 Å². The Morgan fingerprint density at radius 3 is 1.53 bits per heavy atom. The first-order valence-corrected chi connectivity index (χ1v) is 12.8. The first-order valence-electron chi connectivity index (χ1n) is 10.2. The molecule has 1 N–H and O–H groups in total. The van der Waals surface area contributed by atoms with Crippen LogP contribution >= 0.6 is 7.92 Å². The molecule has 32 heavy (non-hydrogen) atoms. The minimum Gasteiger partial charge on any atom is -0.577 e. The van der Waals surface area contributed by atoms with E-state index < -0.39 is 0 Å². The summed E-state index contributed by atoms with van der Waals surface area (Å²) in [5.74, 6) is 0. The fraction of sp³-hybridized carbons (Fsp3) is 0.526. The van der Waals surface area contributed by atoms with Crippen molar-refractivity contribution in [2.24, 2.45) is 0 Å². The molecule has 1 saturated heterocycles. The van der Waals surface area contributed by atoms with Gasteiger partial charge in [-0.2, -0.15) is 0 Å². The molecule has 4 rings (SSSR count). The maximum Gasteiger partial charge on any atom is 2.00 e. The predicted octanol–water partition coefficient (Wildman–Crippen LogP) is 2.53. The molecule has 1 aliphatic heterocycles. The van der Waals surface area contributed by atoms with Gasteiger partial charge < -0.3 is 29.6 Å². The van der Waals surface area contributed by atoms with Crippen molar-refractivity contribution in [1.82, 2.24) is 39.3 Å². The van der Waals surface area contributed by atoms with E-state index in [1.165, 1.54) is 25.8 Å². The minimum atomic E-state index is -0.194. The molecule has 3 aromatic heterocycles. The number of nitrogens with zero attached hydrogens (tertiary/aromatic N) is 8. The summed E-state index contributed by atoms with van der Waals surface area (Å²) in [4.78, 5) is 9.50. The Balaban J connectivity index is 0.000000514. The van der Waals surface area contributed by atoms with Gasteiger partial charge in [0, 0.05) is 18.6 Å². The molecule has 0 aliphatic carbocycles. The monoisotopic (exact) mass is 630 g/mol. The van der Waals surface area contributed by atoms with Crippen LogP contribution in [-0.4, -0.2) is 87.9 Å². The first-order chi connectivity index (χ1) is 15.0. The zero-order valence-corrected chi connectivity index (χ0v) is 23.3. The van der Waals surface area contributed by atoms with Gasteiger partial charge in [-0.15, -0.1) is 7.92 Å². The van der Waals surface area contributed by atoms with Crippen molar-refractivity contribution >= 4 is 15.0 Å². The zero-order chi connectivity index (χ0) is 23.1.